The highest BCUT2D eigenvalue weighted by atomic mass is 35.5. The molecular weight excluding hydrogens is 238 g/mol. The van der Waals surface area contributed by atoms with Gasteiger partial charge in [0.2, 0.25) is 0 Å². The monoisotopic (exact) mass is 248 g/mol. The fraction of sp³-hybridized carbons (Fsp3) is 0.364. The quantitative estimate of drug-likeness (QED) is 0.569. The zero-order valence-corrected chi connectivity index (χ0v) is 9.21. The van der Waals surface area contributed by atoms with Gasteiger partial charge in [-0.15, -0.1) is 11.6 Å². The summed E-state index contributed by atoms with van der Waals surface area (Å²) < 4.78 is 28.4. The second kappa shape index (κ2) is 6.43. The van der Waals surface area contributed by atoms with Crippen LogP contribution in [0.4, 0.5) is 8.78 Å². The molecule has 1 rings (SSSR count). The highest BCUT2D eigenvalue weighted by Gasteiger charge is 2.14. The second-order valence-corrected chi connectivity index (χ2v) is 3.47. The van der Waals surface area contributed by atoms with Gasteiger partial charge in [-0.3, -0.25) is 4.79 Å². The number of benzene rings is 1. The lowest BCUT2D eigenvalue weighted by molar-refractivity contribution is -0.0501. The lowest BCUT2D eigenvalue weighted by Gasteiger charge is -2.09. The zero-order valence-electron chi connectivity index (χ0n) is 8.46. The third-order valence-corrected chi connectivity index (χ3v) is 2.21. The van der Waals surface area contributed by atoms with E-state index >= 15 is 0 Å². The topological polar surface area (TPSA) is 26.3 Å². The van der Waals surface area contributed by atoms with Crippen molar-refractivity contribution in [1.29, 1.82) is 0 Å². The number of Topliss-reactive ketones (excluding diaryl/α,β-unsaturated/α-hetero) is 1. The molecule has 0 unspecified atom stereocenters. The molecule has 0 heterocycles. The lowest BCUT2D eigenvalue weighted by atomic mass is 10.1. The van der Waals surface area contributed by atoms with Gasteiger partial charge in [0.15, 0.2) is 5.78 Å². The molecule has 0 bridgehead atoms. The minimum absolute atomic E-state index is 0.0860. The van der Waals surface area contributed by atoms with Crippen LogP contribution in [0.3, 0.4) is 0 Å². The first kappa shape index (κ1) is 12.9. The largest absolute Gasteiger partial charge is 0.434 e. The van der Waals surface area contributed by atoms with Crippen molar-refractivity contribution in [2.24, 2.45) is 0 Å². The summed E-state index contributed by atoms with van der Waals surface area (Å²) in [5, 5.41) is 0. The first-order chi connectivity index (χ1) is 7.65. The van der Waals surface area contributed by atoms with Gasteiger partial charge in [0, 0.05) is 12.3 Å². The molecule has 0 aliphatic heterocycles. The molecule has 16 heavy (non-hydrogen) atoms. The summed E-state index contributed by atoms with van der Waals surface area (Å²) in [4.78, 5) is 11.6. The van der Waals surface area contributed by atoms with E-state index in [0.29, 0.717) is 12.3 Å². The molecule has 0 saturated heterocycles. The molecule has 0 radical (unpaired) electrons. The molecule has 0 aromatic heterocycles. The van der Waals surface area contributed by atoms with Gasteiger partial charge in [-0.1, -0.05) is 12.1 Å². The molecule has 0 fully saturated rings. The fourth-order valence-electron chi connectivity index (χ4n) is 1.26. The number of hydrogen-bond acceptors (Lipinski definition) is 2. The standard InChI is InChI=1S/C11H11ClF2O2/c12-7-3-5-9(15)8-4-1-2-6-10(8)16-11(13)14/h1-2,4,6,11H,3,5,7H2. The summed E-state index contributed by atoms with van der Waals surface area (Å²) >= 11 is 5.45. The maximum Gasteiger partial charge on any atom is 0.387 e. The van der Waals surface area contributed by atoms with Crippen LogP contribution in [0.5, 0.6) is 5.75 Å². The molecule has 2 nitrogen and oxygen atoms in total. The molecule has 0 amide bonds. The van der Waals surface area contributed by atoms with Crippen molar-refractivity contribution in [2.75, 3.05) is 5.88 Å². The van der Waals surface area contributed by atoms with Gasteiger partial charge in [0.1, 0.15) is 5.75 Å². The van der Waals surface area contributed by atoms with Crippen LogP contribution in [0.2, 0.25) is 0 Å². The Labute approximate surface area is 97.2 Å². The van der Waals surface area contributed by atoms with E-state index in [-0.39, 0.29) is 23.5 Å². The number of carbonyl (C=O) groups excluding carboxylic acids is 1. The van der Waals surface area contributed by atoms with E-state index in [1.54, 1.807) is 6.07 Å². The van der Waals surface area contributed by atoms with Crippen LogP contribution >= 0.6 is 11.6 Å². The average molecular weight is 249 g/mol. The summed E-state index contributed by atoms with van der Waals surface area (Å²) in [5.74, 6) is 0.0397. The predicted octanol–water partition coefficient (Wildman–Crippen LogP) is 3.49. The summed E-state index contributed by atoms with van der Waals surface area (Å²) in [6.07, 6.45) is 0.747. The fourth-order valence-corrected chi connectivity index (χ4v) is 1.39. The third kappa shape index (κ3) is 3.77. The number of halogens is 3. The van der Waals surface area contributed by atoms with E-state index in [4.69, 9.17) is 11.6 Å². The summed E-state index contributed by atoms with van der Waals surface area (Å²) in [6, 6.07) is 5.96. The minimum atomic E-state index is -2.93. The van der Waals surface area contributed by atoms with Gasteiger partial charge in [0.25, 0.3) is 0 Å². The van der Waals surface area contributed by atoms with E-state index in [2.05, 4.69) is 4.74 Å². The molecule has 5 heteroatoms. The molecule has 0 saturated carbocycles. The van der Waals surface area contributed by atoms with E-state index in [0.717, 1.165) is 0 Å². The van der Waals surface area contributed by atoms with Crippen molar-refractivity contribution in [3.05, 3.63) is 29.8 Å². The maximum atomic E-state index is 12.1. The molecule has 0 spiro atoms. The molecule has 1 aromatic rings. The van der Waals surface area contributed by atoms with Gasteiger partial charge >= 0.3 is 6.61 Å². The van der Waals surface area contributed by atoms with Crippen LogP contribution in [0.25, 0.3) is 0 Å². The Morgan fingerprint density at radius 3 is 2.69 bits per heavy atom. The molecule has 0 N–H and O–H groups in total. The Hall–Kier alpha value is -1.16. The van der Waals surface area contributed by atoms with E-state index in [1.165, 1.54) is 18.2 Å². The minimum Gasteiger partial charge on any atom is -0.434 e. The molecule has 88 valence electrons. The number of para-hydroxylation sites is 1. The summed E-state index contributed by atoms with van der Waals surface area (Å²) in [6.45, 7) is -2.93. The SMILES string of the molecule is O=C(CCCCl)c1ccccc1OC(F)F. The summed E-state index contributed by atoms with van der Waals surface area (Å²) in [7, 11) is 0. The van der Waals surface area contributed by atoms with Crippen LogP contribution in [0.1, 0.15) is 23.2 Å². The normalized spacial score (nSPS) is 10.5. The van der Waals surface area contributed by atoms with Gasteiger partial charge in [0.05, 0.1) is 5.56 Å². The van der Waals surface area contributed by atoms with Gasteiger partial charge < -0.3 is 4.74 Å². The van der Waals surface area contributed by atoms with Gasteiger partial charge in [-0.2, -0.15) is 8.78 Å². The average Bonchev–Trinajstić information content (AvgIpc) is 2.26. The van der Waals surface area contributed by atoms with Crippen LogP contribution in [-0.2, 0) is 0 Å². The highest BCUT2D eigenvalue weighted by molar-refractivity contribution is 6.18. The van der Waals surface area contributed by atoms with Crippen molar-refractivity contribution < 1.29 is 18.3 Å². The van der Waals surface area contributed by atoms with Crippen molar-refractivity contribution in [2.45, 2.75) is 19.5 Å². The van der Waals surface area contributed by atoms with Crippen LogP contribution in [-0.4, -0.2) is 18.3 Å². The first-order valence-corrected chi connectivity index (χ1v) is 5.31. The molecular formula is C11H11ClF2O2. The molecule has 1 aromatic carbocycles. The highest BCUT2D eigenvalue weighted by Crippen LogP contribution is 2.22. The van der Waals surface area contributed by atoms with Crippen LogP contribution in [0, 0.1) is 0 Å². The number of rotatable bonds is 6. The Kier molecular flexibility index (Phi) is 5.19. The molecule has 0 aliphatic rings. The van der Waals surface area contributed by atoms with Crippen molar-refractivity contribution in [3.63, 3.8) is 0 Å². The Bertz CT molecular complexity index is 356. The Balaban J connectivity index is 2.81. The third-order valence-electron chi connectivity index (χ3n) is 1.94. The number of hydrogen-bond donors (Lipinski definition) is 0. The van der Waals surface area contributed by atoms with Gasteiger partial charge in [-0.25, -0.2) is 0 Å². The first-order valence-electron chi connectivity index (χ1n) is 4.78. The van der Waals surface area contributed by atoms with E-state index < -0.39 is 6.61 Å². The molecule has 0 atom stereocenters. The number of ether oxygens (including phenoxy) is 1. The van der Waals surface area contributed by atoms with Crippen molar-refractivity contribution in [3.8, 4) is 5.75 Å². The van der Waals surface area contributed by atoms with Crippen LogP contribution in [0.15, 0.2) is 24.3 Å². The maximum absolute atomic E-state index is 12.1. The lowest BCUT2D eigenvalue weighted by Crippen LogP contribution is -2.08. The Morgan fingerprint density at radius 1 is 1.38 bits per heavy atom. The van der Waals surface area contributed by atoms with Gasteiger partial charge in [-0.05, 0) is 18.6 Å². The number of carbonyl (C=O) groups is 1. The summed E-state index contributed by atoms with van der Waals surface area (Å²) in [5.41, 5.74) is 0.174. The van der Waals surface area contributed by atoms with Crippen LogP contribution < -0.4 is 4.74 Å². The second-order valence-electron chi connectivity index (χ2n) is 3.09. The number of alkyl halides is 3. The smallest absolute Gasteiger partial charge is 0.387 e. The Morgan fingerprint density at radius 2 is 2.06 bits per heavy atom. The molecule has 0 aliphatic carbocycles. The number of ketones is 1. The van der Waals surface area contributed by atoms with Crippen molar-refractivity contribution in [1.82, 2.24) is 0 Å². The van der Waals surface area contributed by atoms with E-state index in [1.807, 2.05) is 0 Å². The van der Waals surface area contributed by atoms with Crippen molar-refractivity contribution >= 4 is 17.4 Å². The predicted molar refractivity (Wildman–Crippen MR) is 57.4 cm³/mol. The van der Waals surface area contributed by atoms with E-state index in [9.17, 15) is 13.6 Å². The zero-order chi connectivity index (χ0) is 12.0.